The van der Waals surface area contributed by atoms with Crippen LogP contribution in [0.25, 0.3) is 0 Å². The number of pyridine rings is 1. The molecule has 5 heteroatoms. The van der Waals surface area contributed by atoms with E-state index < -0.39 is 5.97 Å². The highest BCUT2D eigenvalue weighted by atomic mass is 16.5. The maximum absolute atomic E-state index is 11.1. The standard InChI is InChI=1S/C10H10N2O3/c1-14-9(13)3-7-5-12-6-8(4-11)10(7)15-2/h5-6H,3H2,1-2H3. The number of carbonyl (C=O) groups excluding carboxylic acids is 1. The fraction of sp³-hybridized carbons (Fsp3) is 0.300. The van der Waals surface area contributed by atoms with Crippen LogP contribution in [-0.2, 0) is 16.0 Å². The quantitative estimate of drug-likeness (QED) is 0.680. The van der Waals surface area contributed by atoms with E-state index in [-0.39, 0.29) is 6.42 Å². The number of hydrogen-bond acceptors (Lipinski definition) is 5. The van der Waals surface area contributed by atoms with Gasteiger partial charge in [-0.1, -0.05) is 0 Å². The van der Waals surface area contributed by atoms with Crippen molar-refractivity contribution in [3.05, 3.63) is 23.5 Å². The molecule has 0 radical (unpaired) electrons. The van der Waals surface area contributed by atoms with Gasteiger partial charge in [0.25, 0.3) is 0 Å². The van der Waals surface area contributed by atoms with Crippen molar-refractivity contribution >= 4 is 5.97 Å². The largest absolute Gasteiger partial charge is 0.495 e. The maximum atomic E-state index is 11.1. The molecule has 0 saturated heterocycles. The smallest absolute Gasteiger partial charge is 0.310 e. The number of nitriles is 1. The Labute approximate surface area is 87.3 Å². The third-order valence-corrected chi connectivity index (χ3v) is 1.86. The molecule has 0 unspecified atom stereocenters. The summed E-state index contributed by atoms with van der Waals surface area (Å²) in [6.07, 6.45) is 2.92. The molecule has 1 rings (SSSR count). The van der Waals surface area contributed by atoms with E-state index in [4.69, 9.17) is 10.00 Å². The summed E-state index contributed by atoms with van der Waals surface area (Å²) in [5, 5.41) is 8.78. The summed E-state index contributed by atoms with van der Waals surface area (Å²) in [6, 6.07) is 1.94. The van der Waals surface area contributed by atoms with Crippen molar-refractivity contribution in [2.75, 3.05) is 14.2 Å². The Morgan fingerprint density at radius 3 is 2.80 bits per heavy atom. The molecule has 5 nitrogen and oxygen atoms in total. The Morgan fingerprint density at radius 1 is 1.53 bits per heavy atom. The van der Waals surface area contributed by atoms with Crippen molar-refractivity contribution in [2.45, 2.75) is 6.42 Å². The highest BCUT2D eigenvalue weighted by Crippen LogP contribution is 2.22. The minimum atomic E-state index is -0.398. The number of carbonyl (C=O) groups is 1. The highest BCUT2D eigenvalue weighted by molar-refractivity contribution is 5.73. The number of esters is 1. The van der Waals surface area contributed by atoms with Crippen LogP contribution < -0.4 is 4.74 Å². The molecule has 0 aliphatic carbocycles. The van der Waals surface area contributed by atoms with Gasteiger partial charge in [-0.3, -0.25) is 9.78 Å². The first-order valence-corrected chi connectivity index (χ1v) is 4.20. The molecular weight excluding hydrogens is 196 g/mol. The molecule has 0 aliphatic heterocycles. The zero-order chi connectivity index (χ0) is 11.3. The van der Waals surface area contributed by atoms with Crippen molar-refractivity contribution in [1.29, 1.82) is 5.26 Å². The molecule has 1 aromatic heterocycles. The molecule has 78 valence electrons. The Balaban J connectivity index is 3.07. The molecule has 15 heavy (non-hydrogen) atoms. The summed E-state index contributed by atoms with van der Waals surface area (Å²) in [4.78, 5) is 14.9. The first kappa shape index (κ1) is 11.0. The van der Waals surface area contributed by atoms with Crippen LogP contribution in [-0.4, -0.2) is 25.2 Å². The minimum Gasteiger partial charge on any atom is -0.495 e. The predicted molar refractivity (Wildman–Crippen MR) is 51.2 cm³/mol. The number of hydrogen-bond donors (Lipinski definition) is 0. The van der Waals surface area contributed by atoms with E-state index in [0.717, 1.165) is 0 Å². The SMILES string of the molecule is COC(=O)Cc1cncc(C#N)c1OC. The van der Waals surface area contributed by atoms with E-state index in [1.165, 1.54) is 26.6 Å². The van der Waals surface area contributed by atoms with E-state index in [1.807, 2.05) is 6.07 Å². The van der Waals surface area contributed by atoms with E-state index in [1.54, 1.807) is 0 Å². The highest BCUT2D eigenvalue weighted by Gasteiger charge is 2.12. The lowest BCUT2D eigenvalue weighted by atomic mass is 10.1. The van der Waals surface area contributed by atoms with Crippen LogP contribution in [0.15, 0.2) is 12.4 Å². The number of rotatable bonds is 3. The summed E-state index contributed by atoms with van der Waals surface area (Å²) < 4.78 is 9.56. The number of aromatic nitrogens is 1. The Kier molecular flexibility index (Phi) is 3.63. The van der Waals surface area contributed by atoms with Crippen LogP contribution in [0, 0.1) is 11.3 Å². The van der Waals surface area contributed by atoms with Crippen LogP contribution in [0.4, 0.5) is 0 Å². The summed E-state index contributed by atoms with van der Waals surface area (Å²) >= 11 is 0. The van der Waals surface area contributed by atoms with Gasteiger partial charge < -0.3 is 9.47 Å². The molecule has 0 fully saturated rings. The molecular formula is C10H10N2O3. The van der Waals surface area contributed by atoms with Crippen molar-refractivity contribution in [1.82, 2.24) is 4.98 Å². The zero-order valence-electron chi connectivity index (χ0n) is 8.48. The van der Waals surface area contributed by atoms with Crippen LogP contribution >= 0.6 is 0 Å². The lowest BCUT2D eigenvalue weighted by Crippen LogP contribution is -2.07. The van der Waals surface area contributed by atoms with Crippen LogP contribution in [0.1, 0.15) is 11.1 Å². The third kappa shape index (κ3) is 2.44. The molecule has 0 N–H and O–H groups in total. The minimum absolute atomic E-state index is 0.0438. The van der Waals surface area contributed by atoms with Crippen LogP contribution in [0.3, 0.4) is 0 Å². The van der Waals surface area contributed by atoms with Gasteiger partial charge in [0, 0.05) is 18.0 Å². The van der Waals surface area contributed by atoms with E-state index in [0.29, 0.717) is 16.9 Å². The van der Waals surface area contributed by atoms with Gasteiger partial charge in [-0.05, 0) is 0 Å². The van der Waals surface area contributed by atoms with Gasteiger partial charge >= 0.3 is 5.97 Å². The lowest BCUT2D eigenvalue weighted by molar-refractivity contribution is -0.139. The summed E-state index contributed by atoms with van der Waals surface area (Å²) in [6.45, 7) is 0. The van der Waals surface area contributed by atoms with Crippen molar-refractivity contribution in [3.63, 3.8) is 0 Å². The third-order valence-electron chi connectivity index (χ3n) is 1.86. The second-order valence-electron chi connectivity index (χ2n) is 2.74. The number of nitrogens with zero attached hydrogens (tertiary/aromatic N) is 2. The van der Waals surface area contributed by atoms with Gasteiger partial charge in [0.1, 0.15) is 17.4 Å². The molecule has 0 bridgehead atoms. The van der Waals surface area contributed by atoms with Gasteiger partial charge in [-0.2, -0.15) is 5.26 Å². The molecule has 0 aliphatic rings. The van der Waals surface area contributed by atoms with Gasteiger partial charge in [-0.15, -0.1) is 0 Å². The fourth-order valence-electron chi connectivity index (χ4n) is 1.17. The van der Waals surface area contributed by atoms with Crippen molar-refractivity contribution in [2.24, 2.45) is 0 Å². The predicted octanol–water partition coefficient (Wildman–Crippen LogP) is 0.677. The van der Waals surface area contributed by atoms with Gasteiger partial charge in [0.15, 0.2) is 0 Å². The van der Waals surface area contributed by atoms with Gasteiger partial charge in [0.05, 0.1) is 20.6 Å². The monoisotopic (exact) mass is 206 g/mol. The molecule has 1 heterocycles. The van der Waals surface area contributed by atoms with Crippen molar-refractivity contribution < 1.29 is 14.3 Å². The molecule has 0 spiro atoms. The van der Waals surface area contributed by atoms with E-state index >= 15 is 0 Å². The maximum Gasteiger partial charge on any atom is 0.310 e. The number of methoxy groups -OCH3 is 2. The zero-order valence-corrected chi connectivity index (χ0v) is 8.48. The fourth-order valence-corrected chi connectivity index (χ4v) is 1.17. The van der Waals surface area contributed by atoms with Gasteiger partial charge in [0.2, 0.25) is 0 Å². The van der Waals surface area contributed by atoms with Crippen molar-refractivity contribution in [3.8, 4) is 11.8 Å². The van der Waals surface area contributed by atoms with Gasteiger partial charge in [-0.25, -0.2) is 0 Å². The molecule has 0 amide bonds. The Hall–Kier alpha value is -2.09. The normalized spacial score (nSPS) is 9.13. The van der Waals surface area contributed by atoms with E-state index in [2.05, 4.69) is 9.72 Å². The second-order valence-corrected chi connectivity index (χ2v) is 2.74. The molecule has 1 aromatic rings. The Morgan fingerprint density at radius 2 is 2.27 bits per heavy atom. The first-order chi connectivity index (χ1) is 7.22. The topological polar surface area (TPSA) is 72.2 Å². The molecule has 0 saturated carbocycles. The summed E-state index contributed by atoms with van der Waals surface area (Å²) in [5.41, 5.74) is 0.849. The summed E-state index contributed by atoms with van der Waals surface area (Å²) in [7, 11) is 2.74. The average Bonchev–Trinajstić information content (AvgIpc) is 2.28. The molecule has 0 atom stereocenters. The van der Waals surface area contributed by atoms with E-state index in [9.17, 15) is 4.79 Å². The molecule has 0 aromatic carbocycles. The van der Waals surface area contributed by atoms with Crippen LogP contribution in [0.2, 0.25) is 0 Å². The summed E-state index contributed by atoms with van der Waals surface area (Å²) in [5.74, 6) is -0.0249. The Bertz CT molecular complexity index is 410. The first-order valence-electron chi connectivity index (χ1n) is 4.20. The number of ether oxygens (including phenoxy) is 2. The van der Waals surface area contributed by atoms with Crippen LogP contribution in [0.5, 0.6) is 5.75 Å². The average molecular weight is 206 g/mol. The lowest BCUT2D eigenvalue weighted by Gasteiger charge is -2.07. The second kappa shape index (κ2) is 4.96.